The van der Waals surface area contributed by atoms with E-state index in [-0.39, 0.29) is 6.61 Å². The lowest BCUT2D eigenvalue weighted by molar-refractivity contribution is -0.143. The maximum absolute atomic E-state index is 12.7. The predicted octanol–water partition coefficient (Wildman–Crippen LogP) is 2.08. The molecule has 0 spiro atoms. The molecule has 0 bridgehead atoms. The summed E-state index contributed by atoms with van der Waals surface area (Å²) in [5.41, 5.74) is -1.91. The molecule has 1 rings (SSSR count). The molecule has 96 valence electrons. The first-order valence-electron chi connectivity index (χ1n) is 5.01. The number of nitrogens with zero attached hydrogens (tertiary/aromatic N) is 2. The van der Waals surface area contributed by atoms with Gasteiger partial charge in [-0.2, -0.15) is 18.4 Å². The van der Waals surface area contributed by atoms with E-state index in [4.69, 9.17) is 5.26 Å². The average Bonchev–Trinajstić information content (AvgIpc) is 2.28. The van der Waals surface area contributed by atoms with E-state index in [1.165, 1.54) is 13.0 Å². The van der Waals surface area contributed by atoms with Gasteiger partial charge in [-0.15, -0.1) is 0 Å². The summed E-state index contributed by atoms with van der Waals surface area (Å²) in [6, 6.07) is 2.27. The number of aromatic nitrogens is 1. The Bertz CT molecular complexity index is 492. The Labute approximate surface area is 101 Å². The molecule has 0 aromatic carbocycles. The molecule has 0 amide bonds. The molecule has 1 aromatic heterocycles. The lowest BCUT2D eigenvalue weighted by atomic mass is 10.0. The van der Waals surface area contributed by atoms with E-state index < -0.39 is 35.4 Å². The molecule has 4 nitrogen and oxygen atoms in total. The minimum Gasteiger partial charge on any atom is -0.466 e. The summed E-state index contributed by atoms with van der Waals surface area (Å²) in [5.74, 6) is -0.826. The Morgan fingerprint density at radius 2 is 2.22 bits per heavy atom. The smallest absolute Gasteiger partial charge is 0.416 e. The standard InChI is InChI=1S/C11H9F3N2O2/c1-2-18-10(17)5-7-8(11(12,13)14)3-4-16-9(7)6-15/h3-4H,2,5H2,1H3. The van der Waals surface area contributed by atoms with Crippen molar-refractivity contribution in [3.05, 3.63) is 29.1 Å². The zero-order valence-corrected chi connectivity index (χ0v) is 9.41. The average molecular weight is 258 g/mol. The minimum atomic E-state index is -4.64. The number of rotatable bonds is 3. The van der Waals surface area contributed by atoms with E-state index in [1.54, 1.807) is 0 Å². The summed E-state index contributed by atoms with van der Waals surface area (Å²) < 4.78 is 42.7. The number of halogens is 3. The lowest BCUT2D eigenvalue weighted by Gasteiger charge is -2.12. The van der Waals surface area contributed by atoms with Crippen molar-refractivity contribution >= 4 is 5.97 Å². The maximum atomic E-state index is 12.7. The van der Waals surface area contributed by atoms with Gasteiger partial charge in [-0.25, -0.2) is 4.98 Å². The molecule has 7 heteroatoms. The Morgan fingerprint density at radius 3 is 2.72 bits per heavy atom. The number of nitriles is 1. The van der Waals surface area contributed by atoms with Gasteiger partial charge in [0.1, 0.15) is 11.8 Å². The molecule has 1 aromatic rings. The van der Waals surface area contributed by atoms with E-state index in [9.17, 15) is 18.0 Å². The molecule has 1 heterocycles. The summed E-state index contributed by atoms with van der Waals surface area (Å²) in [5, 5.41) is 8.72. The highest BCUT2D eigenvalue weighted by Gasteiger charge is 2.35. The molecule has 0 aliphatic carbocycles. The Hall–Kier alpha value is -2.10. The van der Waals surface area contributed by atoms with E-state index >= 15 is 0 Å². The van der Waals surface area contributed by atoms with Crippen molar-refractivity contribution in [2.24, 2.45) is 0 Å². The molecule has 0 unspecified atom stereocenters. The summed E-state index contributed by atoms with van der Waals surface area (Å²) in [4.78, 5) is 14.7. The van der Waals surface area contributed by atoms with Crippen molar-refractivity contribution in [2.45, 2.75) is 19.5 Å². The fourth-order valence-electron chi connectivity index (χ4n) is 1.39. The summed E-state index contributed by atoms with van der Waals surface area (Å²) in [6.07, 6.45) is -4.38. The van der Waals surface area contributed by atoms with E-state index in [0.717, 1.165) is 12.3 Å². The highest BCUT2D eigenvalue weighted by Crippen LogP contribution is 2.32. The van der Waals surface area contributed by atoms with Gasteiger partial charge in [0.25, 0.3) is 0 Å². The zero-order valence-electron chi connectivity index (χ0n) is 9.41. The second-order valence-corrected chi connectivity index (χ2v) is 3.28. The van der Waals surface area contributed by atoms with Crippen molar-refractivity contribution in [1.82, 2.24) is 4.98 Å². The van der Waals surface area contributed by atoms with Crippen LogP contribution in [0.5, 0.6) is 0 Å². The van der Waals surface area contributed by atoms with Crippen LogP contribution in [0.4, 0.5) is 13.2 Å². The van der Waals surface area contributed by atoms with Gasteiger partial charge >= 0.3 is 12.1 Å². The Balaban J connectivity index is 3.22. The van der Waals surface area contributed by atoms with Crippen LogP contribution in [0.25, 0.3) is 0 Å². The van der Waals surface area contributed by atoms with Crippen LogP contribution in [-0.4, -0.2) is 17.6 Å². The van der Waals surface area contributed by atoms with Gasteiger partial charge in [0, 0.05) is 11.8 Å². The molecule has 0 aliphatic rings. The Morgan fingerprint density at radius 1 is 1.56 bits per heavy atom. The van der Waals surface area contributed by atoms with E-state index in [0.29, 0.717) is 0 Å². The first-order valence-corrected chi connectivity index (χ1v) is 5.01. The van der Waals surface area contributed by atoms with Crippen molar-refractivity contribution in [2.75, 3.05) is 6.61 Å². The fourth-order valence-corrected chi connectivity index (χ4v) is 1.39. The van der Waals surface area contributed by atoms with Crippen LogP contribution in [0.1, 0.15) is 23.7 Å². The molecular weight excluding hydrogens is 249 g/mol. The van der Waals surface area contributed by atoms with Gasteiger partial charge in [-0.05, 0) is 13.0 Å². The fraction of sp³-hybridized carbons (Fsp3) is 0.364. The van der Waals surface area contributed by atoms with Gasteiger partial charge in [-0.3, -0.25) is 4.79 Å². The quantitative estimate of drug-likeness (QED) is 0.778. The third-order valence-corrected chi connectivity index (χ3v) is 2.09. The van der Waals surface area contributed by atoms with Crippen LogP contribution < -0.4 is 0 Å². The molecule has 0 fully saturated rings. The topological polar surface area (TPSA) is 63.0 Å². The zero-order chi connectivity index (χ0) is 13.8. The van der Waals surface area contributed by atoms with Crippen molar-refractivity contribution in [3.63, 3.8) is 0 Å². The van der Waals surface area contributed by atoms with Crippen molar-refractivity contribution < 1.29 is 22.7 Å². The van der Waals surface area contributed by atoms with Crippen molar-refractivity contribution in [1.29, 1.82) is 5.26 Å². The SMILES string of the molecule is CCOC(=O)Cc1c(C(F)(F)F)ccnc1C#N. The lowest BCUT2D eigenvalue weighted by Crippen LogP contribution is -2.16. The van der Waals surface area contributed by atoms with Crippen LogP contribution in [0, 0.1) is 11.3 Å². The number of hydrogen-bond acceptors (Lipinski definition) is 4. The van der Waals surface area contributed by atoms with E-state index in [1.807, 2.05) is 0 Å². The summed E-state index contributed by atoms with van der Waals surface area (Å²) in [6.45, 7) is 1.60. The maximum Gasteiger partial charge on any atom is 0.416 e. The number of carbonyl (C=O) groups is 1. The van der Waals surface area contributed by atoms with E-state index in [2.05, 4.69) is 9.72 Å². The summed E-state index contributed by atoms with van der Waals surface area (Å²) >= 11 is 0. The van der Waals surface area contributed by atoms with Crippen LogP contribution in [0.2, 0.25) is 0 Å². The van der Waals surface area contributed by atoms with Gasteiger partial charge in [0.15, 0.2) is 0 Å². The molecule has 0 N–H and O–H groups in total. The van der Waals surface area contributed by atoms with Crippen LogP contribution in [0.15, 0.2) is 12.3 Å². The van der Waals surface area contributed by atoms with Gasteiger partial charge in [0.2, 0.25) is 0 Å². The second-order valence-electron chi connectivity index (χ2n) is 3.28. The first kappa shape index (κ1) is 14.0. The number of alkyl halides is 3. The van der Waals surface area contributed by atoms with Gasteiger partial charge in [0.05, 0.1) is 18.6 Å². The number of pyridine rings is 1. The molecule has 0 atom stereocenters. The highest BCUT2D eigenvalue weighted by atomic mass is 19.4. The highest BCUT2D eigenvalue weighted by molar-refractivity contribution is 5.74. The third-order valence-electron chi connectivity index (χ3n) is 2.09. The molecule has 0 radical (unpaired) electrons. The predicted molar refractivity (Wildman–Crippen MR) is 54.3 cm³/mol. The minimum absolute atomic E-state index is 0.0579. The van der Waals surface area contributed by atoms with Gasteiger partial charge < -0.3 is 4.74 Å². The number of esters is 1. The normalized spacial score (nSPS) is 10.8. The summed E-state index contributed by atoms with van der Waals surface area (Å²) in [7, 11) is 0. The number of carbonyl (C=O) groups excluding carboxylic acids is 1. The monoisotopic (exact) mass is 258 g/mol. The number of ether oxygens (including phenoxy) is 1. The van der Waals surface area contributed by atoms with Crippen LogP contribution in [0.3, 0.4) is 0 Å². The Kier molecular flexibility index (Phi) is 4.26. The second kappa shape index (κ2) is 5.49. The van der Waals surface area contributed by atoms with Crippen LogP contribution in [-0.2, 0) is 22.1 Å². The molecule has 0 saturated carbocycles. The molecular formula is C11H9F3N2O2. The number of hydrogen-bond donors (Lipinski definition) is 0. The first-order chi connectivity index (χ1) is 8.40. The molecule has 18 heavy (non-hydrogen) atoms. The van der Waals surface area contributed by atoms with Crippen molar-refractivity contribution in [3.8, 4) is 6.07 Å². The van der Waals surface area contributed by atoms with Crippen LogP contribution >= 0.6 is 0 Å². The molecule has 0 saturated heterocycles. The van der Waals surface area contributed by atoms with Gasteiger partial charge in [-0.1, -0.05) is 0 Å². The molecule has 0 aliphatic heterocycles. The largest absolute Gasteiger partial charge is 0.466 e. The third kappa shape index (κ3) is 3.20.